The number of likely N-dealkylation sites (tertiary alicyclic amines) is 1. The molecule has 25 heavy (non-hydrogen) atoms. The van der Waals surface area contributed by atoms with Crippen LogP contribution >= 0.6 is 11.8 Å². The molecule has 2 aliphatic heterocycles. The molecule has 1 aromatic rings. The summed E-state index contributed by atoms with van der Waals surface area (Å²) in [4.78, 5) is 2.83. The lowest BCUT2D eigenvalue weighted by atomic mass is 9.95. The first-order chi connectivity index (χ1) is 12.1. The Hall–Kier alpha value is -1.07. The molecule has 3 rings (SSSR count). The van der Waals surface area contributed by atoms with E-state index in [0.29, 0.717) is 18.0 Å². The number of sulfonamides is 1. The number of nitriles is 1. The number of nitrogens with one attached hydrogen (secondary N) is 1. The van der Waals surface area contributed by atoms with E-state index in [2.05, 4.69) is 21.4 Å². The summed E-state index contributed by atoms with van der Waals surface area (Å²) in [7, 11) is -3.49. The predicted molar refractivity (Wildman–Crippen MR) is 101 cm³/mol. The van der Waals surface area contributed by atoms with Crippen LogP contribution in [-0.2, 0) is 10.0 Å². The van der Waals surface area contributed by atoms with Gasteiger partial charge in [-0.2, -0.15) is 17.0 Å². The number of hydrogen-bond donors (Lipinski definition) is 1. The Morgan fingerprint density at radius 1 is 1.12 bits per heavy atom. The maximum absolute atomic E-state index is 12.4. The Morgan fingerprint density at radius 2 is 1.76 bits per heavy atom. The second-order valence-electron chi connectivity index (χ2n) is 6.81. The van der Waals surface area contributed by atoms with Crippen LogP contribution in [-0.4, -0.2) is 50.5 Å². The van der Waals surface area contributed by atoms with Gasteiger partial charge in [-0.25, -0.2) is 13.1 Å². The largest absolute Gasteiger partial charge is 0.300 e. The molecule has 136 valence electrons. The minimum Gasteiger partial charge on any atom is -0.300 e. The minimum absolute atomic E-state index is 0.226. The van der Waals surface area contributed by atoms with Crippen LogP contribution < -0.4 is 4.72 Å². The van der Waals surface area contributed by atoms with Crippen molar-refractivity contribution in [2.45, 2.75) is 36.6 Å². The highest BCUT2D eigenvalue weighted by Gasteiger charge is 2.27. The van der Waals surface area contributed by atoms with Crippen LogP contribution in [0.25, 0.3) is 0 Å². The lowest BCUT2D eigenvalue weighted by molar-refractivity contribution is 0.127. The van der Waals surface area contributed by atoms with Crippen molar-refractivity contribution in [3.63, 3.8) is 0 Å². The van der Waals surface area contributed by atoms with Crippen molar-refractivity contribution in [3.05, 3.63) is 29.8 Å². The molecule has 0 aromatic heterocycles. The summed E-state index contributed by atoms with van der Waals surface area (Å²) in [5, 5.41) is 8.80. The van der Waals surface area contributed by atoms with Gasteiger partial charge in [-0.15, -0.1) is 0 Å². The number of thioether (sulfide) groups is 1. The number of nitrogens with zero attached hydrogens (tertiary/aromatic N) is 2. The van der Waals surface area contributed by atoms with Crippen LogP contribution in [0.3, 0.4) is 0 Å². The fraction of sp³-hybridized carbons (Fsp3) is 0.611. The van der Waals surface area contributed by atoms with E-state index in [0.717, 1.165) is 32.0 Å². The van der Waals surface area contributed by atoms with E-state index in [4.69, 9.17) is 5.26 Å². The number of rotatable bonds is 5. The molecule has 1 aromatic carbocycles. The molecule has 0 radical (unpaired) electrons. The van der Waals surface area contributed by atoms with Crippen LogP contribution in [0.15, 0.2) is 29.2 Å². The summed E-state index contributed by atoms with van der Waals surface area (Å²) in [5.74, 6) is 2.95. The lowest BCUT2D eigenvalue weighted by Gasteiger charge is -2.39. The zero-order valence-electron chi connectivity index (χ0n) is 14.4. The average molecular weight is 380 g/mol. The molecule has 2 fully saturated rings. The average Bonchev–Trinajstić information content (AvgIpc) is 2.67. The van der Waals surface area contributed by atoms with Crippen molar-refractivity contribution in [2.24, 2.45) is 5.92 Å². The van der Waals surface area contributed by atoms with Crippen LogP contribution in [0, 0.1) is 17.2 Å². The first-order valence-corrected chi connectivity index (χ1v) is 11.5. The topological polar surface area (TPSA) is 73.2 Å². The maximum Gasteiger partial charge on any atom is 0.240 e. The molecule has 2 aliphatic rings. The Kier molecular flexibility index (Phi) is 6.39. The third kappa shape index (κ3) is 4.98. The number of hydrogen-bond acceptors (Lipinski definition) is 5. The highest BCUT2D eigenvalue weighted by Crippen LogP contribution is 2.26. The second-order valence-corrected chi connectivity index (χ2v) is 9.80. The van der Waals surface area contributed by atoms with E-state index < -0.39 is 10.0 Å². The van der Waals surface area contributed by atoms with Crippen LogP contribution in [0.4, 0.5) is 0 Å². The molecule has 0 saturated carbocycles. The van der Waals surface area contributed by atoms with Gasteiger partial charge in [-0.1, -0.05) is 0 Å². The van der Waals surface area contributed by atoms with Crippen LogP contribution in [0.2, 0.25) is 0 Å². The maximum atomic E-state index is 12.4. The Morgan fingerprint density at radius 3 is 2.36 bits per heavy atom. The molecule has 2 saturated heterocycles. The summed E-state index contributed by atoms with van der Waals surface area (Å²) in [6, 6.07) is 8.79. The lowest BCUT2D eigenvalue weighted by Crippen LogP contribution is -2.44. The van der Waals surface area contributed by atoms with Gasteiger partial charge in [0.25, 0.3) is 0 Å². The molecule has 0 spiro atoms. The zero-order chi connectivity index (χ0) is 17.7. The summed E-state index contributed by atoms with van der Waals surface area (Å²) in [6.07, 6.45) is 4.69. The fourth-order valence-electron chi connectivity index (χ4n) is 3.59. The summed E-state index contributed by atoms with van der Waals surface area (Å²) >= 11 is 2.05. The zero-order valence-corrected chi connectivity index (χ0v) is 16.0. The summed E-state index contributed by atoms with van der Waals surface area (Å²) < 4.78 is 27.5. The predicted octanol–water partition coefficient (Wildman–Crippen LogP) is 2.44. The molecule has 5 nitrogen and oxygen atoms in total. The Balaban J connectivity index is 1.48. The third-order valence-electron chi connectivity index (χ3n) is 5.21. The van der Waals surface area contributed by atoms with Crippen molar-refractivity contribution in [2.75, 3.05) is 31.1 Å². The quantitative estimate of drug-likeness (QED) is 0.851. The second kappa shape index (κ2) is 8.54. The van der Waals surface area contributed by atoms with E-state index in [1.807, 2.05) is 6.07 Å². The van der Waals surface area contributed by atoms with E-state index in [1.165, 1.54) is 48.6 Å². The molecular formula is C18H25N3O2S2. The first-order valence-electron chi connectivity index (χ1n) is 8.90. The van der Waals surface area contributed by atoms with Gasteiger partial charge in [-0.05, 0) is 80.5 Å². The van der Waals surface area contributed by atoms with Gasteiger partial charge in [0.2, 0.25) is 10.0 Å². The monoisotopic (exact) mass is 379 g/mol. The van der Waals surface area contributed by atoms with E-state index in [1.54, 1.807) is 0 Å². The summed E-state index contributed by atoms with van der Waals surface area (Å²) in [6.45, 7) is 2.66. The molecular weight excluding hydrogens is 354 g/mol. The van der Waals surface area contributed by atoms with Crippen molar-refractivity contribution in [3.8, 4) is 6.07 Å². The highest BCUT2D eigenvalue weighted by molar-refractivity contribution is 7.99. The van der Waals surface area contributed by atoms with Gasteiger partial charge < -0.3 is 4.90 Å². The van der Waals surface area contributed by atoms with Gasteiger partial charge in [-0.3, -0.25) is 0 Å². The normalized spacial score (nSPS) is 21.1. The van der Waals surface area contributed by atoms with Gasteiger partial charge in [0, 0.05) is 12.6 Å². The third-order valence-corrected chi connectivity index (χ3v) is 7.70. The van der Waals surface area contributed by atoms with Gasteiger partial charge in [0.05, 0.1) is 16.5 Å². The molecule has 0 atom stereocenters. The van der Waals surface area contributed by atoms with Crippen molar-refractivity contribution < 1.29 is 8.42 Å². The molecule has 0 unspecified atom stereocenters. The van der Waals surface area contributed by atoms with Gasteiger partial charge in [0.1, 0.15) is 0 Å². The van der Waals surface area contributed by atoms with E-state index >= 15 is 0 Å². The molecule has 7 heteroatoms. The van der Waals surface area contributed by atoms with Crippen molar-refractivity contribution in [1.82, 2.24) is 9.62 Å². The van der Waals surface area contributed by atoms with Crippen molar-refractivity contribution in [1.29, 1.82) is 5.26 Å². The van der Waals surface area contributed by atoms with Crippen LogP contribution in [0.5, 0.6) is 0 Å². The summed E-state index contributed by atoms with van der Waals surface area (Å²) in [5.41, 5.74) is 0.465. The standard InChI is InChI=1S/C18H25N3O2S2/c19-13-15-1-3-18(4-2-15)25(22,23)20-14-16-5-9-21(10-6-16)17-7-11-24-12-8-17/h1-4,16-17,20H,5-12,14H2. The van der Waals surface area contributed by atoms with Crippen molar-refractivity contribution >= 4 is 21.8 Å². The van der Waals surface area contributed by atoms with Gasteiger partial charge in [0.15, 0.2) is 0 Å². The highest BCUT2D eigenvalue weighted by atomic mass is 32.2. The smallest absolute Gasteiger partial charge is 0.240 e. The van der Waals surface area contributed by atoms with Gasteiger partial charge >= 0.3 is 0 Å². The van der Waals surface area contributed by atoms with Crippen LogP contribution in [0.1, 0.15) is 31.2 Å². The number of piperidine rings is 1. The SMILES string of the molecule is N#Cc1ccc(S(=O)(=O)NCC2CCN(C3CCSCC3)CC2)cc1. The minimum atomic E-state index is -3.49. The molecule has 1 N–H and O–H groups in total. The molecule has 2 heterocycles. The Labute approximate surface area is 154 Å². The van der Waals surface area contributed by atoms with E-state index in [-0.39, 0.29) is 4.90 Å². The molecule has 0 bridgehead atoms. The molecule has 0 amide bonds. The Bertz CT molecular complexity index is 699. The first kappa shape index (κ1) is 18.7. The van der Waals surface area contributed by atoms with E-state index in [9.17, 15) is 8.42 Å². The fourth-order valence-corrected chi connectivity index (χ4v) is 5.79. The number of benzene rings is 1. The molecule has 0 aliphatic carbocycles.